The molecule has 1 N–H and O–H groups in total. The van der Waals surface area contributed by atoms with Gasteiger partial charge in [0, 0.05) is 34.7 Å². The van der Waals surface area contributed by atoms with Gasteiger partial charge in [-0.15, -0.1) is 0 Å². The standard InChI is InChI=1S/C19H17ClN2O2/c1-11-16(13-6-5-9-21-10-13)18(14-7-3-4-8-15(14)20)17(19(23)24)12(2)22-11/h3-10,17-18H,1-2H3,(H,23,24). The molecule has 0 aliphatic carbocycles. The van der Waals surface area contributed by atoms with Crippen LogP contribution in [-0.4, -0.2) is 21.8 Å². The van der Waals surface area contributed by atoms with Gasteiger partial charge in [-0.25, -0.2) is 0 Å². The molecule has 0 amide bonds. The maximum atomic E-state index is 12.0. The summed E-state index contributed by atoms with van der Waals surface area (Å²) < 4.78 is 0. The highest BCUT2D eigenvalue weighted by Gasteiger charge is 2.39. The van der Waals surface area contributed by atoms with E-state index in [4.69, 9.17) is 11.6 Å². The summed E-state index contributed by atoms with van der Waals surface area (Å²) in [7, 11) is 0. The molecule has 2 unspecified atom stereocenters. The first-order valence-corrected chi connectivity index (χ1v) is 8.02. The van der Waals surface area contributed by atoms with E-state index in [0.29, 0.717) is 10.7 Å². The normalized spacial score (nSPS) is 20.7. The number of aromatic nitrogens is 1. The number of benzene rings is 1. The molecule has 3 rings (SSSR count). The summed E-state index contributed by atoms with van der Waals surface area (Å²) in [5, 5.41) is 10.4. The van der Waals surface area contributed by atoms with Gasteiger partial charge in [0.25, 0.3) is 0 Å². The fraction of sp³-hybridized carbons (Fsp3) is 0.211. The molecule has 2 aromatic rings. The number of carboxylic acid groups (broad SMARTS) is 1. The molecular weight excluding hydrogens is 324 g/mol. The van der Waals surface area contributed by atoms with E-state index < -0.39 is 17.8 Å². The van der Waals surface area contributed by atoms with Crippen molar-refractivity contribution < 1.29 is 9.90 Å². The van der Waals surface area contributed by atoms with E-state index in [-0.39, 0.29) is 0 Å². The van der Waals surface area contributed by atoms with Crippen LogP contribution < -0.4 is 0 Å². The lowest BCUT2D eigenvalue weighted by Crippen LogP contribution is -2.32. The quantitative estimate of drug-likeness (QED) is 0.899. The van der Waals surface area contributed by atoms with Crippen LogP contribution in [-0.2, 0) is 4.79 Å². The summed E-state index contributed by atoms with van der Waals surface area (Å²) in [5.74, 6) is -2.07. The first-order valence-electron chi connectivity index (χ1n) is 7.64. The Balaban J connectivity index is 2.28. The lowest BCUT2D eigenvalue weighted by Gasteiger charge is -2.32. The van der Waals surface area contributed by atoms with Gasteiger partial charge in [0.05, 0.1) is 0 Å². The van der Waals surface area contributed by atoms with Gasteiger partial charge in [-0.2, -0.15) is 0 Å². The molecule has 5 heteroatoms. The van der Waals surface area contributed by atoms with Crippen LogP contribution in [0.25, 0.3) is 5.57 Å². The zero-order valence-corrected chi connectivity index (χ0v) is 14.2. The first-order chi connectivity index (χ1) is 11.5. The molecule has 1 aliphatic rings. The van der Waals surface area contributed by atoms with E-state index in [1.54, 1.807) is 25.4 Å². The molecule has 4 nitrogen and oxygen atoms in total. The minimum Gasteiger partial charge on any atom is -0.481 e. The maximum Gasteiger partial charge on any atom is 0.313 e. The van der Waals surface area contributed by atoms with Crippen LogP contribution >= 0.6 is 11.6 Å². The molecule has 0 spiro atoms. The predicted octanol–water partition coefficient (Wildman–Crippen LogP) is 4.43. The molecule has 122 valence electrons. The lowest BCUT2D eigenvalue weighted by atomic mass is 9.74. The number of rotatable bonds is 3. The largest absolute Gasteiger partial charge is 0.481 e. The number of hydrogen-bond donors (Lipinski definition) is 1. The minimum atomic E-state index is -0.907. The second-order valence-electron chi connectivity index (χ2n) is 5.81. The van der Waals surface area contributed by atoms with Gasteiger partial charge in [0.1, 0.15) is 5.92 Å². The van der Waals surface area contributed by atoms with Gasteiger partial charge in [-0.1, -0.05) is 35.9 Å². The van der Waals surface area contributed by atoms with Gasteiger partial charge < -0.3 is 5.11 Å². The second-order valence-corrected chi connectivity index (χ2v) is 6.22. The summed E-state index contributed by atoms with van der Waals surface area (Å²) in [6, 6.07) is 11.1. The van der Waals surface area contributed by atoms with Crippen LogP contribution in [0.5, 0.6) is 0 Å². The molecule has 24 heavy (non-hydrogen) atoms. The average molecular weight is 341 g/mol. The van der Waals surface area contributed by atoms with Crippen LogP contribution in [0.15, 0.2) is 59.5 Å². The third-order valence-electron chi connectivity index (χ3n) is 4.31. The molecule has 2 atom stereocenters. The molecule has 1 aromatic heterocycles. The number of allylic oxidation sites excluding steroid dienone is 2. The van der Waals surface area contributed by atoms with Crippen molar-refractivity contribution in [2.45, 2.75) is 19.8 Å². The molecule has 2 heterocycles. The topological polar surface area (TPSA) is 62.5 Å². The fourth-order valence-corrected chi connectivity index (χ4v) is 3.57. The molecule has 1 aromatic carbocycles. The molecule has 1 aliphatic heterocycles. The van der Waals surface area contributed by atoms with Crippen molar-refractivity contribution >= 4 is 28.9 Å². The number of hydrogen-bond acceptors (Lipinski definition) is 3. The van der Waals surface area contributed by atoms with Crippen molar-refractivity contribution in [2.24, 2.45) is 10.9 Å². The molecular formula is C19H17ClN2O2. The summed E-state index contributed by atoms with van der Waals surface area (Å²) in [5.41, 5.74) is 3.89. The Hall–Kier alpha value is -2.46. The molecule has 0 saturated heterocycles. The maximum absolute atomic E-state index is 12.0. The lowest BCUT2D eigenvalue weighted by molar-refractivity contribution is -0.139. The molecule has 0 bridgehead atoms. The minimum absolute atomic E-state index is 0.405. The highest BCUT2D eigenvalue weighted by molar-refractivity contribution is 6.31. The SMILES string of the molecule is CC1=NC(C)=C(c2cccnc2)C(c2ccccc2Cl)C1C(=O)O. The highest BCUT2D eigenvalue weighted by Crippen LogP contribution is 2.45. The van der Waals surface area contributed by atoms with Gasteiger partial charge >= 0.3 is 5.97 Å². The number of nitrogens with zero attached hydrogens (tertiary/aromatic N) is 2. The second kappa shape index (κ2) is 6.57. The van der Waals surface area contributed by atoms with Crippen molar-refractivity contribution in [1.29, 1.82) is 0 Å². The van der Waals surface area contributed by atoms with Crippen molar-refractivity contribution in [1.82, 2.24) is 4.98 Å². The van der Waals surface area contributed by atoms with E-state index in [9.17, 15) is 9.90 Å². The zero-order valence-electron chi connectivity index (χ0n) is 13.4. The summed E-state index contributed by atoms with van der Waals surface area (Å²) in [4.78, 5) is 20.6. The van der Waals surface area contributed by atoms with Crippen molar-refractivity contribution in [3.05, 3.63) is 70.6 Å². The van der Waals surface area contributed by atoms with Gasteiger partial charge in [0.2, 0.25) is 0 Å². The first kappa shape index (κ1) is 16.4. The number of carboxylic acids is 1. The summed E-state index contributed by atoms with van der Waals surface area (Å²) in [6.07, 6.45) is 3.42. The smallest absolute Gasteiger partial charge is 0.313 e. The van der Waals surface area contributed by atoms with Crippen LogP contribution in [0.3, 0.4) is 0 Å². The van der Waals surface area contributed by atoms with Gasteiger partial charge in [0.15, 0.2) is 0 Å². The van der Waals surface area contributed by atoms with E-state index in [1.165, 1.54) is 0 Å². The van der Waals surface area contributed by atoms with E-state index in [1.807, 2.05) is 37.3 Å². The Bertz CT molecular complexity index is 843. The Morgan fingerprint density at radius 2 is 1.92 bits per heavy atom. The number of halogens is 1. The fourth-order valence-electron chi connectivity index (χ4n) is 3.32. The van der Waals surface area contributed by atoms with E-state index in [0.717, 1.165) is 22.4 Å². The van der Waals surface area contributed by atoms with E-state index >= 15 is 0 Å². The van der Waals surface area contributed by atoms with Crippen LogP contribution in [0.2, 0.25) is 5.02 Å². The monoisotopic (exact) mass is 340 g/mol. The Labute approximate surface area is 145 Å². The van der Waals surface area contributed by atoms with Crippen LogP contribution in [0, 0.1) is 5.92 Å². The summed E-state index contributed by atoms with van der Waals surface area (Å²) in [6.45, 7) is 3.65. The molecule has 0 radical (unpaired) electrons. The molecule has 0 saturated carbocycles. The highest BCUT2D eigenvalue weighted by atomic mass is 35.5. The van der Waals surface area contributed by atoms with Gasteiger partial charge in [-0.3, -0.25) is 14.8 Å². The Morgan fingerprint density at radius 1 is 1.17 bits per heavy atom. The summed E-state index contributed by atoms with van der Waals surface area (Å²) >= 11 is 6.40. The Morgan fingerprint density at radius 3 is 2.54 bits per heavy atom. The van der Waals surface area contributed by atoms with Crippen LogP contribution in [0.1, 0.15) is 30.9 Å². The van der Waals surface area contributed by atoms with Crippen molar-refractivity contribution in [2.75, 3.05) is 0 Å². The Kier molecular flexibility index (Phi) is 4.49. The van der Waals surface area contributed by atoms with E-state index in [2.05, 4.69) is 9.98 Å². The third-order valence-corrected chi connectivity index (χ3v) is 4.65. The number of aliphatic carboxylic acids is 1. The third kappa shape index (κ3) is 2.85. The van der Waals surface area contributed by atoms with Crippen molar-refractivity contribution in [3.63, 3.8) is 0 Å². The van der Waals surface area contributed by atoms with Crippen LogP contribution in [0.4, 0.5) is 0 Å². The average Bonchev–Trinajstić information content (AvgIpc) is 2.55. The number of pyridine rings is 1. The number of carbonyl (C=O) groups is 1. The van der Waals surface area contributed by atoms with Gasteiger partial charge in [-0.05, 0) is 42.7 Å². The number of aliphatic imine (C=N–C) groups is 1. The van der Waals surface area contributed by atoms with Crippen molar-refractivity contribution in [3.8, 4) is 0 Å². The molecule has 0 fully saturated rings. The predicted molar refractivity (Wildman–Crippen MR) is 95.3 cm³/mol. The zero-order chi connectivity index (χ0) is 17.3.